The topological polar surface area (TPSA) is 38.9 Å². The standard InChI is InChI=1S/C8H11FN2.ClH/c1-8(2,9)7-5-6(10)3-4-11-7;/h3-5H,1-2H3,(H2,10,11);1H. The molecule has 0 unspecified atom stereocenters. The van der Waals surface area contributed by atoms with Crippen LogP contribution in [0.15, 0.2) is 18.3 Å². The van der Waals surface area contributed by atoms with Gasteiger partial charge in [-0.2, -0.15) is 0 Å². The van der Waals surface area contributed by atoms with Crippen molar-refractivity contribution >= 4 is 18.1 Å². The molecule has 0 radical (unpaired) electrons. The third kappa shape index (κ3) is 2.66. The largest absolute Gasteiger partial charge is 0.399 e. The highest BCUT2D eigenvalue weighted by Gasteiger charge is 2.19. The monoisotopic (exact) mass is 190 g/mol. The van der Waals surface area contributed by atoms with Gasteiger partial charge in [0.2, 0.25) is 0 Å². The van der Waals surface area contributed by atoms with Gasteiger partial charge in [-0.25, -0.2) is 4.39 Å². The summed E-state index contributed by atoms with van der Waals surface area (Å²) in [7, 11) is 0. The molecule has 2 nitrogen and oxygen atoms in total. The Hall–Kier alpha value is -0.830. The van der Waals surface area contributed by atoms with Crippen LogP contribution in [0.5, 0.6) is 0 Å². The van der Waals surface area contributed by atoms with Crippen LogP contribution in [0.4, 0.5) is 10.1 Å². The van der Waals surface area contributed by atoms with Crippen LogP contribution in [-0.2, 0) is 5.67 Å². The van der Waals surface area contributed by atoms with E-state index in [0.29, 0.717) is 11.4 Å². The van der Waals surface area contributed by atoms with Gasteiger partial charge in [0.1, 0.15) is 5.67 Å². The molecule has 0 atom stereocenters. The Labute approximate surface area is 77.4 Å². The number of anilines is 1. The molecule has 0 saturated heterocycles. The molecular formula is C8H12ClFN2. The minimum atomic E-state index is -1.41. The predicted molar refractivity (Wildman–Crippen MR) is 50.0 cm³/mol. The van der Waals surface area contributed by atoms with Crippen LogP contribution in [0, 0.1) is 0 Å². The van der Waals surface area contributed by atoms with E-state index in [4.69, 9.17) is 5.73 Å². The van der Waals surface area contributed by atoms with E-state index in [2.05, 4.69) is 4.98 Å². The van der Waals surface area contributed by atoms with Crippen LogP contribution < -0.4 is 5.73 Å². The molecule has 2 N–H and O–H groups in total. The van der Waals surface area contributed by atoms with Crippen molar-refractivity contribution in [3.63, 3.8) is 0 Å². The van der Waals surface area contributed by atoms with E-state index in [1.54, 1.807) is 12.1 Å². The molecule has 0 amide bonds. The fourth-order valence-electron chi connectivity index (χ4n) is 0.772. The Morgan fingerprint density at radius 2 is 2.08 bits per heavy atom. The molecule has 0 spiro atoms. The second kappa shape index (κ2) is 3.72. The maximum atomic E-state index is 13.2. The number of pyridine rings is 1. The van der Waals surface area contributed by atoms with Crippen LogP contribution in [0.1, 0.15) is 19.5 Å². The Bertz CT molecular complexity index is 257. The quantitative estimate of drug-likeness (QED) is 0.738. The average Bonchev–Trinajstić information content (AvgIpc) is 1.86. The summed E-state index contributed by atoms with van der Waals surface area (Å²) >= 11 is 0. The van der Waals surface area contributed by atoms with Gasteiger partial charge in [0.05, 0.1) is 5.69 Å². The average molecular weight is 191 g/mol. The Kier molecular flexibility index (Phi) is 3.46. The van der Waals surface area contributed by atoms with E-state index in [1.807, 2.05) is 0 Å². The third-order valence-corrected chi connectivity index (χ3v) is 1.39. The Morgan fingerprint density at radius 1 is 1.50 bits per heavy atom. The number of rotatable bonds is 1. The third-order valence-electron chi connectivity index (χ3n) is 1.39. The summed E-state index contributed by atoms with van der Waals surface area (Å²) in [6.45, 7) is 2.91. The summed E-state index contributed by atoms with van der Waals surface area (Å²) in [6, 6.07) is 3.18. The molecule has 0 fully saturated rings. The van der Waals surface area contributed by atoms with Crippen molar-refractivity contribution in [1.82, 2.24) is 4.98 Å². The van der Waals surface area contributed by atoms with Gasteiger partial charge in [-0.3, -0.25) is 4.98 Å². The molecule has 0 aromatic carbocycles. The summed E-state index contributed by atoms with van der Waals surface area (Å²) in [6.07, 6.45) is 1.51. The Balaban J connectivity index is 0.00000121. The number of halogens is 2. The number of alkyl halides is 1. The highest BCUT2D eigenvalue weighted by atomic mass is 35.5. The van der Waals surface area contributed by atoms with Gasteiger partial charge in [-0.05, 0) is 26.0 Å². The smallest absolute Gasteiger partial charge is 0.147 e. The van der Waals surface area contributed by atoms with Crippen molar-refractivity contribution in [3.05, 3.63) is 24.0 Å². The van der Waals surface area contributed by atoms with Gasteiger partial charge in [0.25, 0.3) is 0 Å². The van der Waals surface area contributed by atoms with Crippen LogP contribution in [0.2, 0.25) is 0 Å². The first kappa shape index (κ1) is 11.2. The molecule has 0 saturated carbocycles. The van der Waals surface area contributed by atoms with Crippen LogP contribution in [0.3, 0.4) is 0 Å². The van der Waals surface area contributed by atoms with Crippen LogP contribution >= 0.6 is 12.4 Å². The van der Waals surface area contributed by atoms with Crippen molar-refractivity contribution in [1.29, 1.82) is 0 Å². The molecule has 68 valence electrons. The fraction of sp³-hybridized carbons (Fsp3) is 0.375. The number of aromatic nitrogens is 1. The van der Waals surface area contributed by atoms with Gasteiger partial charge >= 0.3 is 0 Å². The van der Waals surface area contributed by atoms with Gasteiger partial charge in [-0.15, -0.1) is 12.4 Å². The van der Waals surface area contributed by atoms with E-state index in [0.717, 1.165) is 0 Å². The van der Waals surface area contributed by atoms with Crippen molar-refractivity contribution < 1.29 is 4.39 Å². The first-order valence-electron chi connectivity index (χ1n) is 3.41. The number of nitrogens with two attached hydrogens (primary N) is 1. The van der Waals surface area contributed by atoms with E-state index >= 15 is 0 Å². The first-order chi connectivity index (χ1) is 5.00. The lowest BCUT2D eigenvalue weighted by atomic mass is 10.1. The number of hydrogen-bond acceptors (Lipinski definition) is 2. The van der Waals surface area contributed by atoms with Crippen molar-refractivity contribution in [2.24, 2.45) is 0 Å². The molecule has 0 bridgehead atoms. The zero-order valence-electron chi connectivity index (χ0n) is 7.04. The zero-order chi connectivity index (χ0) is 8.48. The summed E-state index contributed by atoms with van der Waals surface area (Å²) in [5, 5.41) is 0. The zero-order valence-corrected chi connectivity index (χ0v) is 7.86. The van der Waals surface area contributed by atoms with Gasteiger partial charge in [-0.1, -0.05) is 0 Å². The molecule has 1 heterocycles. The summed E-state index contributed by atoms with van der Waals surface area (Å²) in [5.74, 6) is 0. The molecule has 1 aromatic rings. The highest BCUT2D eigenvalue weighted by molar-refractivity contribution is 5.85. The van der Waals surface area contributed by atoms with E-state index in [9.17, 15) is 4.39 Å². The van der Waals surface area contributed by atoms with Gasteiger partial charge in [0.15, 0.2) is 0 Å². The lowest BCUT2D eigenvalue weighted by Gasteiger charge is -2.12. The predicted octanol–water partition coefficient (Wildman–Crippen LogP) is 2.29. The normalized spacial score (nSPS) is 10.6. The fourth-order valence-corrected chi connectivity index (χ4v) is 0.772. The SMILES string of the molecule is CC(C)(F)c1cc(N)ccn1.Cl. The second-order valence-corrected chi connectivity index (χ2v) is 2.95. The van der Waals surface area contributed by atoms with Crippen molar-refractivity contribution in [2.45, 2.75) is 19.5 Å². The van der Waals surface area contributed by atoms with E-state index < -0.39 is 5.67 Å². The minimum Gasteiger partial charge on any atom is -0.399 e. The first-order valence-corrected chi connectivity index (χ1v) is 3.41. The molecule has 0 aliphatic carbocycles. The number of hydrogen-bond donors (Lipinski definition) is 1. The molecule has 1 aromatic heterocycles. The molecule has 1 rings (SSSR count). The number of nitrogens with zero attached hydrogens (tertiary/aromatic N) is 1. The van der Waals surface area contributed by atoms with Crippen molar-refractivity contribution in [2.75, 3.05) is 5.73 Å². The van der Waals surface area contributed by atoms with Gasteiger partial charge in [0, 0.05) is 11.9 Å². The maximum Gasteiger partial charge on any atom is 0.147 e. The molecular weight excluding hydrogens is 179 g/mol. The van der Waals surface area contributed by atoms with Crippen LogP contribution in [-0.4, -0.2) is 4.98 Å². The van der Waals surface area contributed by atoms with Crippen LogP contribution in [0.25, 0.3) is 0 Å². The molecule has 0 aliphatic rings. The summed E-state index contributed by atoms with van der Waals surface area (Å²) in [4.78, 5) is 3.86. The lowest BCUT2D eigenvalue weighted by Crippen LogP contribution is -2.11. The minimum absolute atomic E-state index is 0. The summed E-state index contributed by atoms with van der Waals surface area (Å²) in [5.41, 5.74) is 4.96. The maximum absolute atomic E-state index is 13.2. The Morgan fingerprint density at radius 3 is 2.42 bits per heavy atom. The molecule has 4 heteroatoms. The molecule has 0 aliphatic heterocycles. The van der Waals surface area contributed by atoms with Crippen molar-refractivity contribution in [3.8, 4) is 0 Å². The number of nitrogen functional groups attached to an aromatic ring is 1. The second-order valence-electron chi connectivity index (χ2n) is 2.95. The molecule has 12 heavy (non-hydrogen) atoms. The van der Waals surface area contributed by atoms with Gasteiger partial charge < -0.3 is 5.73 Å². The summed E-state index contributed by atoms with van der Waals surface area (Å²) < 4.78 is 13.2. The van der Waals surface area contributed by atoms with E-state index in [1.165, 1.54) is 20.0 Å². The van der Waals surface area contributed by atoms with E-state index in [-0.39, 0.29) is 12.4 Å². The highest BCUT2D eigenvalue weighted by Crippen LogP contribution is 2.23. The lowest BCUT2D eigenvalue weighted by molar-refractivity contribution is 0.214.